The van der Waals surface area contributed by atoms with E-state index in [0.29, 0.717) is 6.04 Å². The molecule has 3 heteroatoms. The Hall–Kier alpha value is -1.22. The normalized spacial score (nSPS) is 20.2. The number of rotatable bonds is 3. The predicted molar refractivity (Wildman–Crippen MR) is 67.4 cm³/mol. The van der Waals surface area contributed by atoms with Crippen molar-refractivity contribution < 1.29 is 4.74 Å². The maximum atomic E-state index is 5.27. The summed E-state index contributed by atoms with van der Waals surface area (Å²) in [4.78, 5) is 2.42. The van der Waals surface area contributed by atoms with Crippen molar-refractivity contribution in [1.82, 2.24) is 5.32 Å². The van der Waals surface area contributed by atoms with E-state index in [4.69, 9.17) is 4.74 Å². The first kappa shape index (κ1) is 11.3. The van der Waals surface area contributed by atoms with Crippen LogP contribution in [0.2, 0.25) is 0 Å². The minimum atomic E-state index is 0.627. The van der Waals surface area contributed by atoms with E-state index in [1.165, 1.54) is 17.7 Å². The summed E-state index contributed by atoms with van der Waals surface area (Å²) in [5.74, 6) is 0.966. The van der Waals surface area contributed by atoms with Crippen molar-refractivity contribution in [2.75, 3.05) is 32.1 Å². The molecule has 1 saturated heterocycles. The van der Waals surface area contributed by atoms with Crippen molar-refractivity contribution >= 4 is 5.69 Å². The highest BCUT2D eigenvalue weighted by atomic mass is 16.5. The van der Waals surface area contributed by atoms with E-state index in [1.54, 1.807) is 7.11 Å². The van der Waals surface area contributed by atoms with Crippen LogP contribution in [0.5, 0.6) is 5.75 Å². The van der Waals surface area contributed by atoms with Crippen LogP contribution in [-0.2, 0) is 0 Å². The van der Waals surface area contributed by atoms with Crippen molar-refractivity contribution in [3.63, 3.8) is 0 Å². The molecule has 0 aromatic heterocycles. The molecule has 1 fully saturated rings. The third kappa shape index (κ3) is 2.14. The molecule has 1 aliphatic rings. The first-order valence-electron chi connectivity index (χ1n) is 5.81. The van der Waals surface area contributed by atoms with Gasteiger partial charge in [0.05, 0.1) is 7.11 Å². The number of hydrogen-bond donors (Lipinski definition) is 1. The highest BCUT2D eigenvalue weighted by Crippen LogP contribution is 2.26. The van der Waals surface area contributed by atoms with Gasteiger partial charge in [0.15, 0.2) is 0 Å². The van der Waals surface area contributed by atoms with Gasteiger partial charge in [-0.2, -0.15) is 0 Å². The third-order valence-electron chi connectivity index (χ3n) is 3.34. The Bertz CT molecular complexity index is 365. The molecule has 0 amide bonds. The molecule has 16 heavy (non-hydrogen) atoms. The molecule has 1 aromatic carbocycles. The molecule has 0 radical (unpaired) electrons. The minimum absolute atomic E-state index is 0.627. The molecule has 2 rings (SSSR count). The van der Waals surface area contributed by atoms with Gasteiger partial charge in [-0.3, -0.25) is 0 Å². The Labute approximate surface area is 97.4 Å². The van der Waals surface area contributed by atoms with E-state index in [2.05, 4.69) is 35.3 Å². The second kappa shape index (κ2) is 4.74. The minimum Gasteiger partial charge on any atom is -0.496 e. The highest BCUT2D eigenvalue weighted by molar-refractivity contribution is 5.53. The number of benzene rings is 1. The fourth-order valence-electron chi connectivity index (χ4n) is 2.29. The Morgan fingerprint density at radius 3 is 2.81 bits per heavy atom. The summed E-state index contributed by atoms with van der Waals surface area (Å²) in [6.45, 7) is 4.33. The summed E-state index contributed by atoms with van der Waals surface area (Å²) in [6, 6.07) is 7.03. The average Bonchev–Trinajstić information content (AvgIpc) is 2.77. The van der Waals surface area contributed by atoms with Crippen LogP contribution >= 0.6 is 0 Å². The van der Waals surface area contributed by atoms with Gasteiger partial charge in [-0.1, -0.05) is 0 Å². The van der Waals surface area contributed by atoms with Crippen molar-refractivity contribution in [3.05, 3.63) is 23.8 Å². The van der Waals surface area contributed by atoms with Gasteiger partial charge < -0.3 is 15.0 Å². The Morgan fingerprint density at radius 1 is 1.44 bits per heavy atom. The number of nitrogens with zero attached hydrogens (tertiary/aromatic N) is 1. The largest absolute Gasteiger partial charge is 0.496 e. The first-order valence-corrected chi connectivity index (χ1v) is 5.81. The number of anilines is 1. The molecule has 3 nitrogen and oxygen atoms in total. The third-order valence-corrected chi connectivity index (χ3v) is 3.34. The summed E-state index contributed by atoms with van der Waals surface area (Å²) in [7, 11) is 3.75. The van der Waals surface area contributed by atoms with E-state index < -0.39 is 0 Å². The summed E-state index contributed by atoms with van der Waals surface area (Å²) in [5.41, 5.74) is 2.50. The molecule has 1 aromatic rings. The summed E-state index contributed by atoms with van der Waals surface area (Å²) >= 11 is 0. The van der Waals surface area contributed by atoms with Gasteiger partial charge >= 0.3 is 0 Å². The lowest BCUT2D eigenvalue weighted by Crippen LogP contribution is -2.29. The molecule has 88 valence electrons. The zero-order valence-corrected chi connectivity index (χ0v) is 10.3. The molecule has 0 saturated carbocycles. The van der Waals surface area contributed by atoms with Gasteiger partial charge in [0, 0.05) is 24.8 Å². The topological polar surface area (TPSA) is 24.5 Å². The molecule has 1 atom stereocenters. The van der Waals surface area contributed by atoms with Crippen molar-refractivity contribution in [2.45, 2.75) is 19.4 Å². The second-order valence-corrected chi connectivity index (χ2v) is 4.37. The second-order valence-electron chi connectivity index (χ2n) is 4.37. The lowest BCUT2D eigenvalue weighted by Gasteiger charge is -2.19. The maximum Gasteiger partial charge on any atom is 0.121 e. The van der Waals surface area contributed by atoms with Gasteiger partial charge in [0.1, 0.15) is 5.75 Å². The average molecular weight is 220 g/mol. The highest BCUT2D eigenvalue weighted by Gasteiger charge is 2.21. The van der Waals surface area contributed by atoms with Gasteiger partial charge in [-0.15, -0.1) is 0 Å². The molecular formula is C13H20N2O. The van der Waals surface area contributed by atoms with E-state index in [-0.39, 0.29) is 0 Å². The number of ether oxygens (including phenoxy) is 1. The number of nitrogens with one attached hydrogen (secondary N) is 1. The van der Waals surface area contributed by atoms with E-state index >= 15 is 0 Å². The van der Waals surface area contributed by atoms with Crippen molar-refractivity contribution in [3.8, 4) is 5.75 Å². The molecular weight excluding hydrogens is 200 g/mol. The fraction of sp³-hybridized carbons (Fsp3) is 0.538. The van der Waals surface area contributed by atoms with Gasteiger partial charge in [0.2, 0.25) is 0 Å². The van der Waals surface area contributed by atoms with Gasteiger partial charge in [-0.05, 0) is 44.2 Å². The summed E-state index contributed by atoms with van der Waals surface area (Å²) < 4.78 is 5.27. The van der Waals surface area contributed by atoms with Crippen LogP contribution in [0.3, 0.4) is 0 Å². The quantitative estimate of drug-likeness (QED) is 0.840. The molecule has 1 aliphatic heterocycles. The number of hydrogen-bond acceptors (Lipinski definition) is 3. The van der Waals surface area contributed by atoms with Gasteiger partial charge in [0.25, 0.3) is 0 Å². The van der Waals surface area contributed by atoms with Crippen LogP contribution in [-0.4, -0.2) is 33.3 Å². The standard InChI is InChI=1S/C13H20N2O/c1-10-8-12(4-5-13(10)16-3)15-7-6-11(9-15)14-2/h4-5,8,11,14H,6-7,9H2,1-3H3. The van der Waals surface area contributed by atoms with E-state index in [0.717, 1.165) is 18.8 Å². The number of likely N-dealkylation sites (N-methyl/N-ethyl adjacent to an activating group) is 1. The van der Waals surface area contributed by atoms with Crippen LogP contribution in [0.4, 0.5) is 5.69 Å². The Morgan fingerprint density at radius 2 is 2.25 bits per heavy atom. The van der Waals surface area contributed by atoms with Crippen LogP contribution in [0.1, 0.15) is 12.0 Å². The molecule has 0 bridgehead atoms. The predicted octanol–water partition coefficient (Wildman–Crippen LogP) is 1.80. The Kier molecular flexibility index (Phi) is 3.34. The number of methoxy groups -OCH3 is 1. The molecule has 1 unspecified atom stereocenters. The zero-order valence-electron chi connectivity index (χ0n) is 10.3. The lowest BCUT2D eigenvalue weighted by molar-refractivity contribution is 0.411. The van der Waals surface area contributed by atoms with Crippen molar-refractivity contribution in [1.29, 1.82) is 0 Å². The van der Waals surface area contributed by atoms with Crippen LogP contribution in [0.15, 0.2) is 18.2 Å². The smallest absolute Gasteiger partial charge is 0.121 e. The van der Waals surface area contributed by atoms with Crippen molar-refractivity contribution in [2.24, 2.45) is 0 Å². The van der Waals surface area contributed by atoms with Gasteiger partial charge in [-0.25, -0.2) is 0 Å². The zero-order chi connectivity index (χ0) is 11.5. The van der Waals surface area contributed by atoms with Crippen LogP contribution in [0, 0.1) is 6.92 Å². The molecule has 0 aliphatic carbocycles. The molecule has 0 spiro atoms. The summed E-state index contributed by atoms with van der Waals surface area (Å²) in [5, 5.41) is 3.33. The first-order chi connectivity index (χ1) is 7.74. The monoisotopic (exact) mass is 220 g/mol. The van der Waals surface area contributed by atoms with E-state index in [9.17, 15) is 0 Å². The summed E-state index contributed by atoms with van der Waals surface area (Å²) in [6.07, 6.45) is 1.22. The molecule has 1 heterocycles. The number of aryl methyl sites for hydroxylation is 1. The fourth-order valence-corrected chi connectivity index (χ4v) is 2.29. The maximum absolute atomic E-state index is 5.27. The van der Waals surface area contributed by atoms with Crippen LogP contribution in [0.25, 0.3) is 0 Å². The Balaban J connectivity index is 2.13. The lowest BCUT2D eigenvalue weighted by atomic mass is 10.2. The van der Waals surface area contributed by atoms with E-state index in [1.807, 2.05) is 7.05 Å². The molecule has 1 N–H and O–H groups in total. The van der Waals surface area contributed by atoms with Crippen LogP contribution < -0.4 is 15.0 Å². The SMILES string of the molecule is CNC1CCN(c2ccc(OC)c(C)c2)C1.